The van der Waals surface area contributed by atoms with Crippen LogP contribution in [0.3, 0.4) is 0 Å². The minimum Gasteiger partial charge on any atom is -0.497 e. The molecule has 1 N–H and O–H groups in total. The number of methoxy groups -OCH3 is 1. The highest BCUT2D eigenvalue weighted by Gasteiger charge is 2.08. The predicted molar refractivity (Wildman–Crippen MR) is 115 cm³/mol. The van der Waals surface area contributed by atoms with E-state index in [-0.39, 0.29) is 31.2 Å². The first-order valence-corrected chi connectivity index (χ1v) is 9.79. The molecule has 0 bridgehead atoms. The average Bonchev–Trinajstić information content (AvgIpc) is 2.74. The molecule has 0 saturated heterocycles. The number of halogens is 2. The molecule has 0 aliphatic heterocycles. The van der Waals surface area contributed by atoms with E-state index in [0.717, 1.165) is 11.3 Å². The molecule has 0 aliphatic carbocycles. The molecule has 30 heavy (non-hydrogen) atoms. The molecular weight excluding hydrogens is 429 g/mol. The Kier molecular flexibility index (Phi) is 7.32. The molecule has 3 aromatic rings. The van der Waals surface area contributed by atoms with Gasteiger partial charge in [0.2, 0.25) is 0 Å². The van der Waals surface area contributed by atoms with Gasteiger partial charge in [0.05, 0.1) is 24.4 Å². The number of rotatable bonds is 8. The number of carbonyl (C=O) groups excluding carboxylic acids is 1. The van der Waals surface area contributed by atoms with E-state index in [1.165, 1.54) is 16.8 Å². The molecule has 1 heterocycles. The number of nitrogens with one attached hydrogen (secondary N) is 1. The molecule has 1 amide bonds. The highest BCUT2D eigenvalue weighted by atomic mass is 35.5. The van der Waals surface area contributed by atoms with Gasteiger partial charge in [-0.2, -0.15) is 5.10 Å². The predicted octanol–water partition coefficient (Wildman–Crippen LogP) is 3.42. The van der Waals surface area contributed by atoms with E-state index in [4.69, 9.17) is 32.7 Å². The highest BCUT2D eigenvalue weighted by Crippen LogP contribution is 2.27. The maximum absolute atomic E-state index is 12.1. The van der Waals surface area contributed by atoms with Gasteiger partial charge in [-0.1, -0.05) is 23.2 Å². The van der Waals surface area contributed by atoms with Gasteiger partial charge in [-0.05, 0) is 48.5 Å². The summed E-state index contributed by atoms with van der Waals surface area (Å²) in [4.78, 5) is 24.1. The van der Waals surface area contributed by atoms with E-state index < -0.39 is 0 Å². The first-order valence-electron chi connectivity index (χ1n) is 9.03. The maximum atomic E-state index is 12.1. The van der Waals surface area contributed by atoms with Crippen molar-refractivity contribution < 1.29 is 14.3 Å². The second-order valence-corrected chi connectivity index (χ2v) is 7.07. The summed E-state index contributed by atoms with van der Waals surface area (Å²) in [5.74, 6) is 0.749. The number of benzene rings is 2. The van der Waals surface area contributed by atoms with E-state index in [0.29, 0.717) is 21.5 Å². The Balaban J connectivity index is 1.54. The van der Waals surface area contributed by atoms with Crippen molar-refractivity contribution in [2.45, 2.75) is 6.54 Å². The first kappa shape index (κ1) is 21.7. The molecule has 1 aromatic heterocycles. The minimum absolute atomic E-state index is 0.213. The van der Waals surface area contributed by atoms with Crippen LogP contribution in [0.25, 0.3) is 11.3 Å². The van der Waals surface area contributed by atoms with Gasteiger partial charge in [0.15, 0.2) is 6.61 Å². The van der Waals surface area contributed by atoms with Crippen LogP contribution in [0.15, 0.2) is 59.4 Å². The zero-order valence-electron chi connectivity index (χ0n) is 16.1. The Morgan fingerprint density at radius 1 is 1.10 bits per heavy atom. The number of carbonyl (C=O) groups is 1. The molecule has 0 unspecified atom stereocenters. The Morgan fingerprint density at radius 3 is 2.57 bits per heavy atom. The topological polar surface area (TPSA) is 82.5 Å². The van der Waals surface area contributed by atoms with Crippen LogP contribution in [-0.2, 0) is 11.3 Å². The third kappa shape index (κ3) is 5.75. The van der Waals surface area contributed by atoms with Crippen LogP contribution in [0.2, 0.25) is 10.0 Å². The van der Waals surface area contributed by atoms with Gasteiger partial charge in [0, 0.05) is 23.2 Å². The highest BCUT2D eigenvalue weighted by molar-refractivity contribution is 6.35. The molecule has 0 saturated carbocycles. The third-order valence-electron chi connectivity index (χ3n) is 4.15. The summed E-state index contributed by atoms with van der Waals surface area (Å²) < 4.78 is 11.8. The Morgan fingerprint density at radius 2 is 1.87 bits per heavy atom. The van der Waals surface area contributed by atoms with Crippen molar-refractivity contribution >= 4 is 29.1 Å². The number of hydrogen-bond donors (Lipinski definition) is 1. The first-order chi connectivity index (χ1) is 14.5. The monoisotopic (exact) mass is 447 g/mol. The van der Waals surface area contributed by atoms with Crippen molar-refractivity contribution in [3.8, 4) is 22.8 Å². The summed E-state index contributed by atoms with van der Waals surface area (Å²) in [7, 11) is 1.59. The van der Waals surface area contributed by atoms with Gasteiger partial charge < -0.3 is 14.8 Å². The van der Waals surface area contributed by atoms with Crippen molar-refractivity contribution in [3.05, 3.63) is 75.0 Å². The molecule has 0 fully saturated rings. The summed E-state index contributed by atoms with van der Waals surface area (Å²) in [6.45, 7) is 0.224. The molecule has 156 valence electrons. The number of ether oxygens (including phenoxy) is 2. The second kappa shape index (κ2) is 10.1. The fourth-order valence-electron chi connectivity index (χ4n) is 2.61. The molecule has 0 aliphatic rings. The zero-order chi connectivity index (χ0) is 21.5. The Labute approximate surface area is 183 Å². The van der Waals surface area contributed by atoms with Gasteiger partial charge in [0.25, 0.3) is 11.5 Å². The third-order valence-corrected chi connectivity index (χ3v) is 4.68. The lowest BCUT2D eigenvalue weighted by molar-refractivity contribution is -0.123. The van der Waals surface area contributed by atoms with E-state index in [1.807, 2.05) is 24.3 Å². The molecule has 9 heteroatoms. The van der Waals surface area contributed by atoms with Crippen LogP contribution in [-0.4, -0.2) is 35.9 Å². The van der Waals surface area contributed by atoms with Gasteiger partial charge in [-0.25, -0.2) is 4.68 Å². The standard InChI is InChI=1S/C21H19Cl2N3O4/c1-29-16-5-2-14(3-6-16)18-7-9-21(28)26(25-18)11-10-24-20(27)13-30-19-8-4-15(22)12-17(19)23/h2-9,12H,10-11,13H2,1H3,(H,24,27). The smallest absolute Gasteiger partial charge is 0.266 e. The number of nitrogens with zero attached hydrogens (tertiary/aromatic N) is 2. The van der Waals surface area contributed by atoms with Crippen molar-refractivity contribution in [1.82, 2.24) is 15.1 Å². The van der Waals surface area contributed by atoms with Crippen LogP contribution >= 0.6 is 23.2 Å². The molecular formula is C21H19Cl2N3O4. The quantitative estimate of drug-likeness (QED) is 0.571. The van der Waals surface area contributed by atoms with Crippen LogP contribution in [0.5, 0.6) is 11.5 Å². The van der Waals surface area contributed by atoms with Crippen molar-refractivity contribution in [3.63, 3.8) is 0 Å². The Hall–Kier alpha value is -3.03. The lowest BCUT2D eigenvalue weighted by Gasteiger charge is -2.10. The second-order valence-electron chi connectivity index (χ2n) is 6.22. The van der Waals surface area contributed by atoms with E-state index in [2.05, 4.69) is 10.4 Å². The van der Waals surface area contributed by atoms with E-state index >= 15 is 0 Å². The molecule has 3 rings (SSSR count). The van der Waals surface area contributed by atoms with Crippen LogP contribution in [0, 0.1) is 0 Å². The largest absolute Gasteiger partial charge is 0.497 e. The minimum atomic E-state index is -0.347. The van der Waals surface area contributed by atoms with Gasteiger partial charge in [0.1, 0.15) is 11.5 Å². The SMILES string of the molecule is COc1ccc(-c2ccc(=O)n(CCNC(=O)COc3ccc(Cl)cc3Cl)n2)cc1. The van der Waals surface area contributed by atoms with Crippen LogP contribution in [0.4, 0.5) is 0 Å². The lowest BCUT2D eigenvalue weighted by Crippen LogP contribution is -2.34. The van der Waals surface area contributed by atoms with Gasteiger partial charge >= 0.3 is 0 Å². The van der Waals surface area contributed by atoms with Crippen molar-refractivity contribution in [1.29, 1.82) is 0 Å². The lowest BCUT2D eigenvalue weighted by atomic mass is 10.1. The normalized spacial score (nSPS) is 10.5. The molecule has 7 nitrogen and oxygen atoms in total. The van der Waals surface area contributed by atoms with Crippen molar-refractivity contribution in [2.75, 3.05) is 20.3 Å². The molecule has 0 radical (unpaired) electrons. The Bertz CT molecular complexity index is 1080. The van der Waals surface area contributed by atoms with E-state index in [9.17, 15) is 9.59 Å². The number of aromatic nitrogens is 2. The number of amides is 1. The fraction of sp³-hybridized carbons (Fsp3) is 0.190. The summed E-state index contributed by atoms with van der Waals surface area (Å²) in [6, 6.07) is 15.2. The van der Waals surface area contributed by atoms with Gasteiger partial charge in [-0.3, -0.25) is 9.59 Å². The fourth-order valence-corrected chi connectivity index (χ4v) is 3.08. The average molecular weight is 448 g/mol. The molecule has 2 aromatic carbocycles. The summed E-state index contributed by atoms with van der Waals surface area (Å²) >= 11 is 11.8. The summed E-state index contributed by atoms with van der Waals surface area (Å²) in [5, 5.41) is 7.84. The maximum Gasteiger partial charge on any atom is 0.266 e. The van der Waals surface area contributed by atoms with Gasteiger partial charge in [-0.15, -0.1) is 0 Å². The van der Waals surface area contributed by atoms with Crippen LogP contribution < -0.4 is 20.3 Å². The summed E-state index contributed by atoms with van der Waals surface area (Å²) in [5.41, 5.74) is 1.23. The van der Waals surface area contributed by atoms with Crippen LogP contribution in [0.1, 0.15) is 0 Å². The van der Waals surface area contributed by atoms with E-state index in [1.54, 1.807) is 25.3 Å². The number of hydrogen-bond acceptors (Lipinski definition) is 5. The summed E-state index contributed by atoms with van der Waals surface area (Å²) in [6.07, 6.45) is 0. The van der Waals surface area contributed by atoms with Crippen molar-refractivity contribution in [2.24, 2.45) is 0 Å². The zero-order valence-corrected chi connectivity index (χ0v) is 17.6. The molecule has 0 atom stereocenters. The molecule has 0 spiro atoms.